The van der Waals surface area contributed by atoms with Crippen molar-refractivity contribution >= 4 is 40.4 Å². The van der Waals surface area contributed by atoms with Gasteiger partial charge in [0.25, 0.3) is 0 Å². The second-order valence-corrected chi connectivity index (χ2v) is 6.77. The number of benzene rings is 1. The average Bonchev–Trinajstić information content (AvgIpc) is 2.85. The van der Waals surface area contributed by atoms with Gasteiger partial charge in [-0.2, -0.15) is 0 Å². The van der Waals surface area contributed by atoms with E-state index in [4.69, 9.17) is 40.2 Å². The lowest BCUT2D eigenvalue weighted by Crippen LogP contribution is -2.40. The van der Waals surface area contributed by atoms with Crippen LogP contribution in [0.25, 0.3) is 5.69 Å². The molecule has 0 saturated carbocycles. The predicted octanol–water partition coefficient (Wildman–Crippen LogP) is 4.41. The summed E-state index contributed by atoms with van der Waals surface area (Å²) in [5.74, 6) is 0. The summed E-state index contributed by atoms with van der Waals surface area (Å²) in [5, 5.41) is 1.11. The lowest BCUT2D eigenvalue weighted by Gasteiger charge is -2.29. The highest BCUT2D eigenvalue weighted by Crippen LogP contribution is 2.32. The van der Waals surface area contributed by atoms with Gasteiger partial charge in [0.05, 0.1) is 28.9 Å². The van der Waals surface area contributed by atoms with Crippen molar-refractivity contribution in [2.24, 2.45) is 0 Å². The van der Waals surface area contributed by atoms with Crippen LogP contribution in [0.5, 0.6) is 0 Å². The third kappa shape index (κ3) is 3.13. The molecule has 1 aliphatic heterocycles. The summed E-state index contributed by atoms with van der Waals surface area (Å²) >= 11 is 18.3. The van der Waals surface area contributed by atoms with Gasteiger partial charge in [0.15, 0.2) is 0 Å². The third-order valence-electron chi connectivity index (χ3n) is 4.13. The van der Waals surface area contributed by atoms with Crippen LogP contribution in [0, 0.1) is 13.8 Å². The molecule has 0 aliphatic carbocycles. The number of aromatic nitrogens is 1. The summed E-state index contributed by atoms with van der Waals surface area (Å²) < 4.78 is 7.51. The van der Waals surface area contributed by atoms with E-state index in [0.29, 0.717) is 10.0 Å². The van der Waals surface area contributed by atoms with E-state index in [1.807, 2.05) is 12.1 Å². The van der Waals surface area contributed by atoms with Gasteiger partial charge in [-0.15, -0.1) is 0 Å². The van der Waals surface area contributed by atoms with Crippen molar-refractivity contribution in [2.45, 2.75) is 13.8 Å². The zero-order chi connectivity index (χ0) is 16.6. The maximum absolute atomic E-state index is 6.40. The van der Waals surface area contributed by atoms with E-state index in [0.717, 1.165) is 53.9 Å². The monoisotopic (exact) mass is 368 g/mol. The Balaban J connectivity index is 2.02. The number of ether oxygens (including phenoxy) is 1. The van der Waals surface area contributed by atoms with Crippen LogP contribution < -0.4 is 0 Å². The first kappa shape index (κ1) is 16.8. The zero-order valence-electron chi connectivity index (χ0n) is 13.1. The van der Waals surface area contributed by atoms with Crippen molar-refractivity contribution in [3.63, 3.8) is 0 Å². The number of nitrogens with zero attached hydrogens (tertiary/aromatic N) is 2. The van der Waals surface area contributed by atoms with E-state index in [-0.39, 0.29) is 0 Å². The number of thiocarbonyl (C=S) groups is 1. The molecule has 122 valence electrons. The van der Waals surface area contributed by atoms with Crippen molar-refractivity contribution in [1.82, 2.24) is 9.47 Å². The van der Waals surface area contributed by atoms with Crippen LogP contribution >= 0.6 is 35.4 Å². The van der Waals surface area contributed by atoms with E-state index >= 15 is 0 Å². The highest BCUT2D eigenvalue weighted by molar-refractivity contribution is 7.80. The predicted molar refractivity (Wildman–Crippen MR) is 99.4 cm³/mol. The molecular weight excluding hydrogens is 351 g/mol. The van der Waals surface area contributed by atoms with Crippen LogP contribution in [-0.2, 0) is 4.74 Å². The fourth-order valence-electron chi connectivity index (χ4n) is 2.95. The summed E-state index contributed by atoms with van der Waals surface area (Å²) in [6.07, 6.45) is 0. The molecule has 0 atom stereocenters. The Bertz CT molecular complexity index is 751. The van der Waals surface area contributed by atoms with Crippen molar-refractivity contribution in [1.29, 1.82) is 0 Å². The summed E-state index contributed by atoms with van der Waals surface area (Å²) in [6.45, 7) is 7.22. The number of halogens is 2. The minimum Gasteiger partial charge on any atom is -0.378 e. The van der Waals surface area contributed by atoms with Gasteiger partial charge in [0.1, 0.15) is 4.99 Å². The van der Waals surface area contributed by atoms with Gasteiger partial charge < -0.3 is 14.2 Å². The van der Waals surface area contributed by atoms with Crippen molar-refractivity contribution in [3.8, 4) is 5.69 Å². The normalized spacial score (nSPS) is 15.0. The van der Waals surface area contributed by atoms with Crippen LogP contribution in [0.2, 0.25) is 10.0 Å². The number of hydrogen-bond donors (Lipinski definition) is 0. The second kappa shape index (κ2) is 6.81. The number of rotatable bonds is 2. The molecule has 1 fully saturated rings. The van der Waals surface area contributed by atoms with E-state index in [2.05, 4.69) is 29.4 Å². The Kier molecular flexibility index (Phi) is 4.97. The summed E-state index contributed by atoms with van der Waals surface area (Å²) in [5.41, 5.74) is 4.10. The number of aryl methyl sites for hydroxylation is 1. The summed E-state index contributed by atoms with van der Waals surface area (Å²) in [7, 11) is 0. The first-order valence-electron chi connectivity index (χ1n) is 7.51. The maximum atomic E-state index is 6.40. The SMILES string of the molecule is Cc1cc(C(=S)N2CCOCC2)c(C)n1-c1cccc(Cl)c1Cl. The van der Waals surface area contributed by atoms with Gasteiger partial charge in [0, 0.05) is 30.0 Å². The molecule has 1 aromatic carbocycles. The molecule has 1 saturated heterocycles. The van der Waals surface area contributed by atoms with Gasteiger partial charge in [-0.25, -0.2) is 0 Å². The zero-order valence-corrected chi connectivity index (χ0v) is 15.4. The first-order chi connectivity index (χ1) is 11.0. The molecule has 2 aromatic rings. The lowest BCUT2D eigenvalue weighted by molar-refractivity contribution is 0.0692. The second-order valence-electron chi connectivity index (χ2n) is 5.60. The molecule has 0 spiro atoms. The van der Waals surface area contributed by atoms with Gasteiger partial charge in [-0.1, -0.05) is 41.5 Å². The van der Waals surface area contributed by atoms with E-state index < -0.39 is 0 Å². The Morgan fingerprint density at radius 1 is 1.17 bits per heavy atom. The van der Waals surface area contributed by atoms with Crippen molar-refractivity contribution in [2.75, 3.05) is 26.3 Å². The lowest BCUT2D eigenvalue weighted by atomic mass is 10.2. The molecule has 0 radical (unpaired) electrons. The topological polar surface area (TPSA) is 17.4 Å². The molecule has 23 heavy (non-hydrogen) atoms. The first-order valence-corrected chi connectivity index (χ1v) is 8.67. The number of hydrogen-bond acceptors (Lipinski definition) is 2. The molecule has 3 nitrogen and oxygen atoms in total. The minimum absolute atomic E-state index is 0.550. The average molecular weight is 369 g/mol. The van der Waals surface area contributed by atoms with Gasteiger partial charge >= 0.3 is 0 Å². The molecule has 0 N–H and O–H groups in total. The third-order valence-corrected chi connectivity index (χ3v) is 5.42. The highest BCUT2D eigenvalue weighted by atomic mass is 35.5. The van der Waals surface area contributed by atoms with Gasteiger partial charge in [-0.05, 0) is 32.0 Å². The van der Waals surface area contributed by atoms with Crippen LogP contribution in [0.4, 0.5) is 0 Å². The van der Waals surface area contributed by atoms with E-state index in [1.54, 1.807) is 6.07 Å². The molecule has 3 rings (SSSR count). The quantitative estimate of drug-likeness (QED) is 0.731. The van der Waals surface area contributed by atoms with Crippen molar-refractivity contribution < 1.29 is 4.74 Å². The Hall–Kier alpha value is -1.07. The van der Waals surface area contributed by atoms with Gasteiger partial charge in [0.2, 0.25) is 0 Å². The molecule has 0 amide bonds. The molecule has 2 heterocycles. The minimum atomic E-state index is 0.550. The molecule has 6 heteroatoms. The molecule has 0 bridgehead atoms. The van der Waals surface area contributed by atoms with Crippen molar-refractivity contribution in [3.05, 3.63) is 51.3 Å². The Labute approximate surface area is 151 Å². The fraction of sp³-hybridized carbons (Fsp3) is 0.353. The molecule has 0 unspecified atom stereocenters. The highest BCUT2D eigenvalue weighted by Gasteiger charge is 2.21. The molecular formula is C17H18Cl2N2OS. The van der Waals surface area contributed by atoms with E-state index in [9.17, 15) is 0 Å². The maximum Gasteiger partial charge on any atom is 0.111 e. The Morgan fingerprint density at radius 3 is 2.57 bits per heavy atom. The largest absolute Gasteiger partial charge is 0.378 e. The Morgan fingerprint density at radius 2 is 1.87 bits per heavy atom. The van der Waals surface area contributed by atoms with Crippen LogP contribution in [0.15, 0.2) is 24.3 Å². The molecule has 1 aliphatic rings. The summed E-state index contributed by atoms with van der Waals surface area (Å²) in [6, 6.07) is 7.78. The van der Waals surface area contributed by atoms with Gasteiger partial charge in [-0.3, -0.25) is 0 Å². The van der Waals surface area contributed by atoms with Crippen LogP contribution in [-0.4, -0.2) is 40.8 Å². The van der Waals surface area contributed by atoms with Crippen LogP contribution in [0.1, 0.15) is 17.0 Å². The van der Waals surface area contributed by atoms with Crippen LogP contribution in [0.3, 0.4) is 0 Å². The summed E-state index contributed by atoms with van der Waals surface area (Å²) in [4.78, 5) is 3.07. The number of morpholine rings is 1. The van der Waals surface area contributed by atoms with E-state index in [1.165, 1.54) is 0 Å². The molecule has 1 aromatic heterocycles. The smallest absolute Gasteiger partial charge is 0.111 e. The standard InChI is InChI=1S/C17H18Cl2N2OS/c1-11-10-13(17(23)20-6-8-22-9-7-20)12(2)21(11)15-5-3-4-14(18)16(15)19/h3-5,10H,6-9H2,1-2H3. The fourth-order valence-corrected chi connectivity index (χ4v) is 3.72.